The summed E-state index contributed by atoms with van der Waals surface area (Å²) in [5.41, 5.74) is 1.79. The van der Waals surface area contributed by atoms with Crippen molar-refractivity contribution < 1.29 is 9.18 Å². The number of amides is 1. The van der Waals surface area contributed by atoms with Crippen LogP contribution in [0.4, 0.5) is 9.52 Å². The predicted molar refractivity (Wildman–Crippen MR) is 114 cm³/mol. The Morgan fingerprint density at radius 1 is 1.31 bits per heavy atom. The monoisotopic (exact) mass is 428 g/mol. The first kappa shape index (κ1) is 19.5. The maximum atomic E-state index is 14.4. The molecule has 0 atom stereocenters. The van der Waals surface area contributed by atoms with Gasteiger partial charge in [0.2, 0.25) is 0 Å². The topological polar surface area (TPSA) is 51.0 Å². The highest BCUT2D eigenvalue weighted by Crippen LogP contribution is 2.32. The number of aryl methyl sites for hydroxylation is 2. The number of carbonyl (C=O) groups is 1. The van der Waals surface area contributed by atoms with E-state index in [1.807, 2.05) is 35.9 Å². The number of thiazole rings is 1. The van der Waals surface area contributed by atoms with Crippen molar-refractivity contribution in [1.29, 1.82) is 0 Å². The molecule has 148 valence electrons. The van der Waals surface area contributed by atoms with E-state index in [0.29, 0.717) is 24.6 Å². The zero-order valence-corrected chi connectivity index (χ0v) is 17.3. The van der Waals surface area contributed by atoms with E-state index in [2.05, 4.69) is 9.97 Å². The lowest BCUT2D eigenvalue weighted by Crippen LogP contribution is -2.33. The van der Waals surface area contributed by atoms with Crippen LogP contribution in [0.1, 0.15) is 22.3 Å². The maximum absolute atomic E-state index is 14.4. The van der Waals surface area contributed by atoms with Crippen molar-refractivity contribution in [3.63, 3.8) is 0 Å². The van der Waals surface area contributed by atoms with Gasteiger partial charge in [0.05, 0.1) is 27.1 Å². The fourth-order valence-corrected chi connectivity index (χ4v) is 4.42. The molecule has 0 radical (unpaired) electrons. The molecule has 8 heteroatoms. The van der Waals surface area contributed by atoms with Crippen LogP contribution in [0.5, 0.6) is 0 Å². The highest BCUT2D eigenvalue weighted by atomic mass is 35.5. The number of nitrogens with zero attached hydrogens (tertiary/aromatic N) is 4. The van der Waals surface area contributed by atoms with E-state index < -0.39 is 11.7 Å². The maximum Gasteiger partial charge on any atom is 0.264 e. The molecule has 4 aromatic rings. The van der Waals surface area contributed by atoms with Crippen molar-refractivity contribution in [2.24, 2.45) is 0 Å². The highest BCUT2D eigenvalue weighted by Gasteiger charge is 2.25. The van der Waals surface area contributed by atoms with Crippen molar-refractivity contribution in [3.8, 4) is 0 Å². The molecule has 29 heavy (non-hydrogen) atoms. The minimum Gasteiger partial charge on any atom is -0.337 e. The minimum atomic E-state index is -0.640. The summed E-state index contributed by atoms with van der Waals surface area (Å²) >= 11 is 7.57. The standard InChI is InChI=1S/C21H18ClFN4OS/c1-14-6-7-17-18(12-14)29-21(25-17)27(10-3-9-26-11-8-24-13-26)20(28)19-15(22)4-2-5-16(19)23/h2,4-8,11-13H,3,9-10H2,1H3. The Hall–Kier alpha value is -2.77. The number of imidazole rings is 1. The quantitative estimate of drug-likeness (QED) is 0.417. The van der Waals surface area contributed by atoms with Gasteiger partial charge in [-0.2, -0.15) is 0 Å². The molecular formula is C21H18ClFN4OS. The molecule has 1 amide bonds. The molecule has 0 saturated heterocycles. The Balaban J connectivity index is 1.68. The summed E-state index contributed by atoms with van der Waals surface area (Å²) in [7, 11) is 0. The molecule has 0 bridgehead atoms. The fourth-order valence-electron chi connectivity index (χ4n) is 3.09. The Kier molecular flexibility index (Phi) is 5.60. The third-order valence-electron chi connectivity index (χ3n) is 4.54. The smallest absolute Gasteiger partial charge is 0.264 e. The summed E-state index contributed by atoms with van der Waals surface area (Å²) in [5, 5.41) is 0.618. The van der Waals surface area contributed by atoms with Crippen LogP contribution < -0.4 is 4.90 Å². The van der Waals surface area contributed by atoms with Gasteiger partial charge in [-0.3, -0.25) is 9.69 Å². The average Bonchev–Trinajstić information content (AvgIpc) is 3.34. The predicted octanol–water partition coefficient (Wildman–Crippen LogP) is 5.33. The summed E-state index contributed by atoms with van der Waals surface area (Å²) in [6.07, 6.45) is 5.95. The van der Waals surface area contributed by atoms with Crippen LogP contribution in [0.15, 0.2) is 55.1 Å². The number of rotatable bonds is 6. The molecule has 0 aliphatic carbocycles. The molecule has 0 saturated carbocycles. The first-order chi connectivity index (χ1) is 14.0. The van der Waals surface area contributed by atoms with Gasteiger partial charge in [0.1, 0.15) is 5.82 Å². The third kappa shape index (κ3) is 4.16. The zero-order valence-electron chi connectivity index (χ0n) is 15.7. The van der Waals surface area contributed by atoms with E-state index >= 15 is 0 Å². The lowest BCUT2D eigenvalue weighted by molar-refractivity contribution is 0.0982. The Bertz CT molecular complexity index is 1140. The van der Waals surface area contributed by atoms with Crippen LogP contribution in [0.2, 0.25) is 5.02 Å². The summed E-state index contributed by atoms with van der Waals surface area (Å²) in [6, 6.07) is 10.2. The van der Waals surface area contributed by atoms with E-state index in [1.165, 1.54) is 34.4 Å². The van der Waals surface area contributed by atoms with Crippen molar-refractivity contribution in [3.05, 3.63) is 77.1 Å². The van der Waals surface area contributed by atoms with Crippen LogP contribution >= 0.6 is 22.9 Å². The van der Waals surface area contributed by atoms with Crippen LogP contribution in [0.3, 0.4) is 0 Å². The van der Waals surface area contributed by atoms with Gasteiger partial charge in [-0.25, -0.2) is 14.4 Å². The van der Waals surface area contributed by atoms with Gasteiger partial charge in [-0.05, 0) is 43.2 Å². The molecule has 2 aromatic heterocycles. The van der Waals surface area contributed by atoms with Gasteiger partial charge in [-0.1, -0.05) is 35.1 Å². The number of halogens is 2. The third-order valence-corrected chi connectivity index (χ3v) is 5.90. The number of anilines is 1. The largest absolute Gasteiger partial charge is 0.337 e. The van der Waals surface area contributed by atoms with Gasteiger partial charge >= 0.3 is 0 Å². The Labute approximate surface area is 176 Å². The summed E-state index contributed by atoms with van der Waals surface area (Å²) in [4.78, 5) is 23.4. The van der Waals surface area contributed by atoms with Crippen molar-refractivity contribution in [2.45, 2.75) is 19.9 Å². The highest BCUT2D eigenvalue weighted by molar-refractivity contribution is 7.22. The minimum absolute atomic E-state index is 0.0894. The molecule has 4 rings (SSSR count). The van der Waals surface area contributed by atoms with E-state index in [9.17, 15) is 9.18 Å². The van der Waals surface area contributed by atoms with Crippen molar-refractivity contribution in [1.82, 2.24) is 14.5 Å². The zero-order chi connectivity index (χ0) is 20.4. The lowest BCUT2D eigenvalue weighted by Gasteiger charge is -2.21. The van der Waals surface area contributed by atoms with Gasteiger partial charge < -0.3 is 4.57 Å². The van der Waals surface area contributed by atoms with Crippen molar-refractivity contribution in [2.75, 3.05) is 11.4 Å². The fraction of sp³-hybridized carbons (Fsp3) is 0.190. The molecule has 0 spiro atoms. The van der Waals surface area contributed by atoms with E-state index in [-0.39, 0.29) is 10.6 Å². The number of carbonyl (C=O) groups excluding carboxylic acids is 1. The molecule has 5 nitrogen and oxygen atoms in total. The number of aromatic nitrogens is 3. The normalized spacial score (nSPS) is 11.1. The molecule has 0 aliphatic heterocycles. The molecule has 0 aliphatic rings. The first-order valence-corrected chi connectivity index (χ1v) is 10.3. The summed E-state index contributed by atoms with van der Waals surface area (Å²) in [6.45, 7) is 3.06. The van der Waals surface area contributed by atoms with Crippen LogP contribution in [-0.2, 0) is 6.54 Å². The van der Waals surface area contributed by atoms with E-state index in [1.54, 1.807) is 12.5 Å². The average molecular weight is 429 g/mol. The Morgan fingerprint density at radius 3 is 2.93 bits per heavy atom. The van der Waals surface area contributed by atoms with Gasteiger partial charge in [0.15, 0.2) is 5.13 Å². The molecule has 2 aromatic carbocycles. The van der Waals surface area contributed by atoms with Gasteiger partial charge in [0, 0.05) is 25.5 Å². The molecule has 2 heterocycles. The molecule has 0 N–H and O–H groups in total. The molecule has 0 fully saturated rings. The lowest BCUT2D eigenvalue weighted by atomic mass is 10.2. The van der Waals surface area contributed by atoms with E-state index in [4.69, 9.17) is 11.6 Å². The Morgan fingerprint density at radius 2 is 2.17 bits per heavy atom. The number of hydrogen-bond acceptors (Lipinski definition) is 4. The SMILES string of the molecule is Cc1ccc2nc(N(CCCn3ccnc3)C(=O)c3c(F)cccc3Cl)sc2c1. The van der Waals surface area contributed by atoms with Crippen LogP contribution in [0.25, 0.3) is 10.2 Å². The van der Waals surface area contributed by atoms with Crippen LogP contribution in [-0.4, -0.2) is 27.0 Å². The van der Waals surface area contributed by atoms with E-state index in [0.717, 1.165) is 15.8 Å². The van der Waals surface area contributed by atoms with Gasteiger partial charge in [0.25, 0.3) is 5.91 Å². The first-order valence-electron chi connectivity index (χ1n) is 9.12. The van der Waals surface area contributed by atoms with Crippen molar-refractivity contribution >= 4 is 44.2 Å². The second kappa shape index (κ2) is 8.31. The molecular weight excluding hydrogens is 411 g/mol. The van der Waals surface area contributed by atoms with Gasteiger partial charge in [-0.15, -0.1) is 0 Å². The number of hydrogen-bond donors (Lipinski definition) is 0. The molecule has 0 unspecified atom stereocenters. The second-order valence-corrected chi connectivity index (χ2v) is 8.09. The summed E-state index contributed by atoms with van der Waals surface area (Å²) in [5.74, 6) is -1.13. The van der Waals surface area contributed by atoms with Crippen LogP contribution in [0, 0.1) is 12.7 Å². The second-order valence-electron chi connectivity index (χ2n) is 6.68. The number of fused-ring (bicyclic) bond motifs is 1. The number of benzene rings is 2. The summed E-state index contributed by atoms with van der Waals surface area (Å²) < 4.78 is 17.3.